The van der Waals surface area contributed by atoms with E-state index in [1.807, 2.05) is 0 Å². The second-order valence-corrected chi connectivity index (χ2v) is 5.64. The summed E-state index contributed by atoms with van der Waals surface area (Å²) in [4.78, 5) is 29.7. The van der Waals surface area contributed by atoms with Gasteiger partial charge in [0.2, 0.25) is 5.89 Å². The molecule has 0 radical (unpaired) electrons. The molecule has 1 N–H and O–H groups in total. The van der Waals surface area contributed by atoms with E-state index >= 15 is 0 Å². The van der Waals surface area contributed by atoms with E-state index in [2.05, 4.69) is 15.0 Å². The zero-order valence-corrected chi connectivity index (χ0v) is 14.0. The number of rotatable bonds is 6. The van der Waals surface area contributed by atoms with E-state index in [0.717, 1.165) is 12.8 Å². The van der Waals surface area contributed by atoms with E-state index in [9.17, 15) is 9.59 Å². The van der Waals surface area contributed by atoms with Crippen LogP contribution >= 0.6 is 0 Å². The van der Waals surface area contributed by atoms with Gasteiger partial charge in [-0.15, -0.1) is 0 Å². The molecule has 1 aromatic heterocycles. The van der Waals surface area contributed by atoms with Gasteiger partial charge in [-0.05, 0) is 37.1 Å². The van der Waals surface area contributed by atoms with Gasteiger partial charge in [0.05, 0.1) is 20.8 Å². The van der Waals surface area contributed by atoms with Gasteiger partial charge in [-0.25, -0.2) is 14.6 Å². The number of methoxy groups -OCH3 is 2. The number of carbonyl (C=O) groups excluding carboxylic acids is 2. The van der Waals surface area contributed by atoms with Gasteiger partial charge in [0.25, 0.3) is 0 Å². The molecular weight excluding hydrogens is 326 g/mol. The lowest BCUT2D eigenvalue weighted by Crippen LogP contribution is -2.36. The smallest absolute Gasteiger partial charge is 0.360 e. The molecule has 0 atom stereocenters. The second-order valence-electron chi connectivity index (χ2n) is 5.64. The Morgan fingerprint density at radius 2 is 2.00 bits per heavy atom. The van der Waals surface area contributed by atoms with Crippen LogP contribution in [0.1, 0.15) is 29.2 Å². The Morgan fingerprint density at radius 3 is 2.60 bits per heavy atom. The third-order valence-electron chi connectivity index (χ3n) is 3.84. The highest BCUT2D eigenvalue weighted by Gasteiger charge is 2.34. The molecular formula is C17H19N3O5. The van der Waals surface area contributed by atoms with E-state index in [-0.39, 0.29) is 30.2 Å². The van der Waals surface area contributed by atoms with Crippen LogP contribution in [-0.2, 0) is 11.3 Å². The average Bonchev–Trinajstić information content (AvgIpc) is 3.37. The lowest BCUT2D eigenvalue weighted by Gasteiger charge is -2.21. The van der Waals surface area contributed by atoms with Crippen LogP contribution < -0.4 is 10.1 Å². The highest BCUT2D eigenvalue weighted by atomic mass is 16.5. The number of nitrogens with zero attached hydrogens (tertiary/aromatic N) is 2. The van der Waals surface area contributed by atoms with Crippen molar-refractivity contribution in [2.24, 2.45) is 0 Å². The summed E-state index contributed by atoms with van der Waals surface area (Å²) in [6.07, 6.45) is 3.09. The SMILES string of the molecule is COC(=O)c1coc(CN(C(=O)Nc2ccc(OC)cc2)C2CC2)n1. The molecule has 8 heteroatoms. The average molecular weight is 345 g/mol. The van der Waals surface area contributed by atoms with Crippen molar-refractivity contribution in [2.75, 3.05) is 19.5 Å². The molecule has 1 aliphatic rings. The largest absolute Gasteiger partial charge is 0.497 e. The highest BCUT2D eigenvalue weighted by molar-refractivity contribution is 5.90. The van der Waals surface area contributed by atoms with Crippen molar-refractivity contribution in [3.63, 3.8) is 0 Å². The summed E-state index contributed by atoms with van der Waals surface area (Å²) in [7, 11) is 2.86. The van der Waals surface area contributed by atoms with E-state index in [0.29, 0.717) is 11.4 Å². The fourth-order valence-corrected chi connectivity index (χ4v) is 2.35. The third-order valence-corrected chi connectivity index (χ3v) is 3.84. The first-order valence-corrected chi connectivity index (χ1v) is 7.85. The van der Waals surface area contributed by atoms with Crippen molar-refractivity contribution >= 4 is 17.7 Å². The van der Waals surface area contributed by atoms with Crippen molar-refractivity contribution in [1.82, 2.24) is 9.88 Å². The number of amides is 2. The quantitative estimate of drug-likeness (QED) is 0.809. The van der Waals surface area contributed by atoms with Crippen molar-refractivity contribution in [3.05, 3.63) is 42.1 Å². The standard InChI is InChI=1S/C17H19N3O5/c1-23-13-7-3-11(4-8-13)18-17(22)20(12-5-6-12)9-15-19-14(10-25-15)16(21)24-2/h3-4,7-8,10,12H,5-6,9H2,1-2H3,(H,18,22). The molecule has 0 unspecified atom stereocenters. The number of urea groups is 1. The van der Waals surface area contributed by atoms with E-state index in [4.69, 9.17) is 9.15 Å². The Bertz CT molecular complexity index is 752. The number of nitrogens with one attached hydrogen (secondary N) is 1. The normalized spacial score (nSPS) is 13.2. The summed E-state index contributed by atoms with van der Waals surface area (Å²) in [5.41, 5.74) is 0.753. The first kappa shape index (κ1) is 16.8. The fraction of sp³-hybridized carbons (Fsp3) is 0.353. The number of aromatic nitrogens is 1. The molecule has 2 aromatic rings. The molecule has 2 amide bonds. The minimum Gasteiger partial charge on any atom is -0.497 e. The minimum atomic E-state index is -0.573. The number of hydrogen-bond acceptors (Lipinski definition) is 6. The summed E-state index contributed by atoms with van der Waals surface area (Å²) in [5, 5.41) is 2.85. The number of anilines is 1. The van der Waals surface area contributed by atoms with E-state index < -0.39 is 5.97 Å². The molecule has 132 valence electrons. The Balaban J connectivity index is 1.66. The molecule has 1 fully saturated rings. The Morgan fingerprint density at radius 1 is 1.28 bits per heavy atom. The molecule has 0 spiro atoms. The Labute approximate surface area is 144 Å². The number of ether oxygens (including phenoxy) is 2. The molecule has 1 aromatic carbocycles. The van der Waals surface area contributed by atoms with Gasteiger partial charge in [-0.1, -0.05) is 0 Å². The van der Waals surface area contributed by atoms with E-state index in [1.54, 1.807) is 36.3 Å². The predicted molar refractivity (Wildman–Crippen MR) is 88.4 cm³/mol. The third kappa shape index (κ3) is 4.09. The molecule has 1 saturated carbocycles. The number of oxazole rings is 1. The highest BCUT2D eigenvalue weighted by Crippen LogP contribution is 2.29. The minimum absolute atomic E-state index is 0.0869. The summed E-state index contributed by atoms with van der Waals surface area (Å²) in [6, 6.07) is 6.98. The summed E-state index contributed by atoms with van der Waals surface area (Å²) in [5.74, 6) is 0.431. The maximum absolute atomic E-state index is 12.6. The van der Waals surface area contributed by atoms with E-state index in [1.165, 1.54) is 13.4 Å². The number of esters is 1. The number of hydrogen-bond donors (Lipinski definition) is 1. The summed E-state index contributed by atoms with van der Waals surface area (Å²) < 4.78 is 15.0. The fourth-order valence-electron chi connectivity index (χ4n) is 2.35. The number of benzene rings is 1. The topological polar surface area (TPSA) is 93.9 Å². The van der Waals surface area contributed by atoms with Crippen LogP contribution in [0.4, 0.5) is 10.5 Å². The zero-order chi connectivity index (χ0) is 17.8. The van der Waals surface area contributed by atoms with Crippen LogP contribution in [0, 0.1) is 0 Å². The van der Waals surface area contributed by atoms with Crippen LogP contribution in [0.3, 0.4) is 0 Å². The van der Waals surface area contributed by atoms with Crippen molar-refractivity contribution in [1.29, 1.82) is 0 Å². The second kappa shape index (κ2) is 7.25. The van der Waals surface area contributed by atoms with Gasteiger partial charge in [-0.2, -0.15) is 0 Å². The maximum atomic E-state index is 12.6. The van der Waals surface area contributed by atoms with Crippen LogP contribution in [0.25, 0.3) is 0 Å². The molecule has 25 heavy (non-hydrogen) atoms. The summed E-state index contributed by atoms with van der Waals surface area (Å²) >= 11 is 0. The molecule has 1 aliphatic carbocycles. The van der Waals surface area contributed by atoms with Gasteiger partial charge < -0.3 is 24.1 Å². The Hall–Kier alpha value is -3.03. The van der Waals surface area contributed by atoms with Crippen molar-refractivity contribution in [3.8, 4) is 5.75 Å². The van der Waals surface area contributed by atoms with Gasteiger partial charge >= 0.3 is 12.0 Å². The van der Waals surface area contributed by atoms with Crippen LogP contribution in [-0.4, -0.2) is 42.1 Å². The van der Waals surface area contributed by atoms with Gasteiger partial charge in [0.15, 0.2) is 5.69 Å². The van der Waals surface area contributed by atoms with Crippen LogP contribution in [0.15, 0.2) is 34.9 Å². The van der Waals surface area contributed by atoms with Crippen molar-refractivity contribution in [2.45, 2.75) is 25.4 Å². The number of carbonyl (C=O) groups is 2. The molecule has 8 nitrogen and oxygen atoms in total. The van der Waals surface area contributed by atoms with Crippen LogP contribution in [0.2, 0.25) is 0 Å². The first-order chi connectivity index (χ1) is 12.1. The van der Waals surface area contributed by atoms with Crippen molar-refractivity contribution < 1.29 is 23.5 Å². The lowest BCUT2D eigenvalue weighted by atomic mass is 10.3. The Kier molecular flexibility index (Phi) is 4.87. The van der Waals surface area contributed by atoms with Gasteiger partial charge in [0, 0.05) is 11.7 Å². The van der Waals surface area contributed by atoms with Crippen LogP contribution in [0.5, 0.6) is 5.75 Å². The molecule has 0 saturated heterocycles. The molecule has 3 rings (SSSR count). The van der Waals surface area contributed by atoms with Gasteiger partial charge in [0.1, 0.15) is 12.0 Å². The lowest BCUT2D eigenvalue weighted by molar-refractivity contribution is 0.0594. The monoisotopic (exact) mass is 345 g/mol. The molecule has 0 bridgehead atoms. The maximum Gasteiger partial charge on any atom is 0.360 e. The summed E-state index contributed by atoms with van der Waals surface area (Å²) in [6.45, 7) is 0.184. The van der Waals surface area contributed by atoms with Gasteiger partial charge in [-0.3, -0.25) is 0 Å². The zero-order valence-electron chi connectivity index (χ0n) is 14.0. The molecule has 0 aliphatic heterocycles. The molecule has 1 heterocycles. The first-order valence-electron chi connectivity index (χ1n) is 7.85. The predicted octanol–water partition coefficient (Wildman–Crippen LogP) is 2.67.